The largest absolute Gasteiger partial charge is 0.253 e. The summed E-state index contributed by atoms with van der Waals surface area (Å²) >= 11 is 7.79. The summed E-state index contributed by atoms with van der Waals surface area (Å²) in [7, 11) is 0. The van der Waals surface area contributed by atoms with Crippen LogP contribution in [-0.2, 0) is 5.75 Å². The van der Waals surface area contributed by atoms with E-state index in [1.54, 1.807) is 0 Å². The number of aromatic nitrogens is 1. The predicted molar refractivity (Wildman–Crippen MR) is 66.9 cm³/mol. The van der Waals surface area contributed by atoms with Gasteiger partial charge < -0.3 is 0 Å². The van der Waals surface area contributed by atoms with E-state index in [9.17, 15) is 0 Å². The van der Waals surface area contributed by atoms with E-state index in [0.29, 0.717) is 0 Å². The zero-order valence-corrected chi connectivity index (χ0v) is 10.3. The van der Waals surface area contributed by atoms with Crippen LogP contribution in [0.15, 0.2) is 28.7 Å². The Morgan fingerprint density at radius 1 is 1.36 bits per heavy atom. The van der Waals surface area contributed by atoms with Gasteiger partial charge in [0.1, 0.15) is 0 Å². The van der Waals surface area contributed by atoms with E-state index < -0.39 is 0 Å². The van der Waals surface area contributed by atoms with E-state index in [0.717, 1.165) is 21.4 Å². The molecule has 2 rings (SSSR count). The molecule has 0 saturated carbocycles. The van der Waals surface area contributed by atoms with Crippen LogP contribution in [0.3, 0.4) is 0 Å². The zero-order valence-electron chi connectivity index (χ0n) is 7.79. The Hall–Kier alpha value is -0.540. The Balaban J connectivity index is 2.81. The Morgan fingerprint density at radius 2 is 2.14 bits per heavy atom. The highest BCUT2D eigenvalue weighted by Gasteiger charge is 2.02. The summed E-state index contributed by atoms with van der Waals surface area (Å²) in [5.41, 5.74) is 3.32. The van der Waals surface area contributed by atoms with Crippen molar-refractivity contribution in [1.82, 2.24) is 4.98 Å². The normalized spacial score (nSPS) is 10.8. The van der Waals surface area contributed by atoms with Crippen LogP contribution in [0.5, 0.6) is 0 Å². The van der Waals surface area contributed by atoms with Crippen LogP contribution in [0.1, 0.15) is 11.3 Å². The quantitative estimate of drug-likeness (QED) is 0.777. The van der Waals surface area contributed by atoms with Crippen LogP contribution < -0.4 is 0 Å². The molecule has 1 heterocycles. The molecular formula is C11H10BrNS. The van der Waals surface area contributed by atoms with E-state index in [1.807, 2.05) is 19.1 Å². The van der Waals surface area contributed by atoms with E-state index >= 15 is 0 Å². The SMILES string of the molecule is Cc1cc(CS)c2cc(Br)ccc2n1. The lowest BCUT2D eigenvalue weighted by Crippen LogP contribution is -1.89. The number of pyridine rings is 1. The van der Waals surface area contributed by atoms with Gasteiger partial charge in [-0.2, -0.15) is 12.6 Å². The second kappa shape index (κ2) is 3.91. The molecule has 0 aliphatic heterocycles. The van der Waals surface area contributed by atoms with Gasteiger partial charge in [0.15, 0.2) is 0 Å². The predicted octanol–water partition coefficient (Wildman–Crippen LogP) is 3.74. The number of benzene rings is 1. The molecule has 1 nitrogen and oxygen atoms in total. The van der Waals surface area contributed by atoms with Gasteiger partial charge in [0.05, 0.1) is 5.52 Å². The van der Waals surface area contributed by atoms with Crippen molar-refractivity contribution >= 4 is 39.5 Å². The Bertz CT molecular complexity index is 482. The molecule has 0 radical (unpaired) electrons. The number of aryl methyl sites for hydroxylation is 1. The van der Waals surface area contributed by atoms with Crippen molar-refractivity contribution in [2.45, 2.75) is 12.7 Å². The highest BCUT2D eigenvalue weighted by molar-refractivity contribution is 9.10. The summed E-state index contributed by atoms with van der Waals surface area (Å²) in [6.45, 7) is 2.01. The lowest BCUT2D eigenvalue weighted by molar-refractivity contribution is 1.23. The number of halogens is 1. The minimum atomic E-state index is 0.746. The molecular weight excluding hydrogens is 258 g/mol. The molecule has 0 N–H and O–H groups in total. The third-order valence-corrected chi connectivity index (χ3v) is 2.99. The van der Waals surface area contributed by atoms with Crippen LogP contribution >= 0.6 is 28.6 Å². The first-order valence-corrected chi connectivity index (χ1v) is 5.80. The molecule has 0 amide bonds. The van der Waals surface area contributed by atoms with E-state index in [2.05, 4.69) is 45.7 Å². The molecule has 0 fully saturated rings. The van der Waals surface area contributed by atoms with E-state index in [1.165, 1.54) is 10.9 Å². The summed E-state index contributed by atoms with van der Waals surface area (Å²) < 4.78 is 1.08. The topological polar surface area (TPSA) is 12.9 Å². The van der Waals surface area contributed by atoms with Crippen LogP contribution in [-0.4, -0.2) is 4.98 Å². The molecule has 0 aliphatic rings. The highest BCUT2D eigenvalue weighted by atomic mass is 79.9. The van der Waals surface area contributed by atoms with Gasteiger partial charge in [-0.15, -0.1) is 0 Å². The summed E-state index contributed by atoms with van der Waals surface area (Å²) in [5.74, 6) is 0.746. The molecule has 0 unspecified atom stereocenters. The van der Waals surface area contributed by atoms with Gasteiger partial charge in [-0.25, -0.2) is 0 Å². The summed E-state index contributed by atoms with van der Waals surface area (Å²) in [6.07, 6.45) is 0. The molecule has 0 saturated heterocycles. The fraction of sp³-hybridized carbons (Fsp3) is 0.182. The first-order valence-electron chi connectivity index (χ1n) is 4.37. The molecule has 0 bridgehead atoms. The number of fused-ring (bicyclic) bond motifs is 1. The molecule has 1 aromatic carbocycles. The number of hydrogen-bond acceptors (Lipinski definition) is 2. The second-order valence-corrected chi connectivity index (χ2v) is 4.47. The van der Waals surface area contributed by atoms with Gasteiger partial charge in [-0.3, -0.25) is 4.98 Å². The standard InChI is InChI=1S/C11H10BrNS/c1-7-4-8(6-14)10-5-9(12)2-3-11(10)13-7/h2-5,14H,6H2,1H3. The van der Waals surface area contributed by atoms with Crippen LogP contribution in [0.25, 0.3) is 10.9 Å². The van der Waals surface area contributed by atoms with Crippen molar-refractivity contribution in [2.24, 2.45) is 0 Å². The Kier molecular flexibility index (Phi) is 2.79. The molecule has 1 aromatic heterocycles. The van der Waals surface area contributed by atoms with Gasteiger partial charge in [0.25, 0.3) is 0 Å². The lowest BCUT2D eigenvalue weighted by atomic mass is 10.1. The Morgan fingerprint density at radius 3 is 2.86 bits per heavy atom. The van der Waals surface area contributed by atoms with Crippen LogP contribution in [0, 0.1) is 6.92 Å². The number of rotatable bonds is 1. The maximum atomic E-state index is 4.47. The van der Waals surface area contributed by atoms with Crippen molar-refractivity contribution in [2.75, 3.05) is 0 Å². The first-order chi connectivity index (χ1) is 6.70. The van der Waals surface area contributed by atoms with Crippen molar-refractivity contribution in [3.63, 3.8) is 0 Å². The Labute approximate surface area is 97.1 Å². The zero-order chi connectivity index (χ0) is 10.1. The summed E-state index contributed by atoms with van der Waals surface area (Å²) in [5, 5.41) is 1.18. The smallest absolute Gasteiger partial charge is 0.0709 e. The monoisotopic (exact) mass is 267 g/mol. The van der Waals surface area contributed by atoms with Crippen molar-refractivity contribution in [3.05, 3.63) is 40.0 Å². The fourth-order valence-electron chi connectivity index (χ4n) is 1.55. The maximum absolute atomic E-state index is 4.47. The fourth-order valence-corrected chi connectivity index (χ4v) is 2.17. The molecule has 3 heteroatoms. The minimum Gasteiger partial charge on any atom is -0.253 e. The maximum Gasteiger partial charge on any atom is 0.0709 e. The first kappa shape index (κ1) is 9.99. The second-order valence-electron chi connectivity index (χ2n) is 3.24. The van der Waals surface area contributed by atoms with Gasteiger partial charge in [0, 0.05) is 21.3 Å². The van der Waals surface area contributed by atoms with E-state index in [4.69, 9.17) is 0 Å². The summed E-state index contributed by atoms with van der Waals surface area (Å²) in [4.78, 5) is 4.47. The summed E-state index contributed by atoms with van der Waals surface area (Å²) in [6, 6.07) is 8.21. The number of hydrogen-bond donors (Lipinski definition) is 1. The molecule has 72 valence electrons. The lowest BCUT2D eigenvalue weighted by Gasteiger charge is -2.05. The van der Waals surface area contributed by atoms with Gasteiger partial charge >= 0.3 is 0 Å². The van der Waals surface area contributed by atoms with Gasteiger partial charge in [0.2, 0.25) is 0 Å². The molecule has 14 heavy (non-hydrogen) atoms. The van der Waals surface area contributed by atoms with Crippen LogP contribution in [0.4, 0.5) is 0 Å². The number of nitrogens with zero attached hydrogens (tertiary/aromatic N) is 1. The third-order valence-electron chi connectivity index (χ3n) is 2.15. The van der Waals surface area contributed by atoms with Crippen molar-refractivity contribution < 1.29 is 0 Å². The molecule has 0 aliphatic carbocycles. The highest BCUT2D eigenvalue weighted by Crippen LogP contribution is 2.23. The average Bonchev–Trinajstić information content (AvgIpc) is 2.17. The van der Waals surface area contributed by atoms with E-state index in [-0.39, 0.29) is 0 Å². The van der Waals surface area contributed by atoms with Gasteiger partial charge in [-0.1, -0.05) is 15.9 Å². The number of thiol groups is 1. The van der Waals surface area contributed by atoms with Gasteiger partial charge in [-0.05, 0) is 36.8 Å². The van der Waals surface area contributed by atoms with Crippen molar-refractivity contribution in [3.8, 4) is 0 Å². The molecule has 2 aromatic rings. The minimum absolute atomic E-state index is 0.746. The molecule has 0 atom stereocenters. The average molecular weight is 268 g/mol. The van der Waals surface area contributed by atoms with Crippen molar-refractivity contribution in [1.29, 1.82) is 0 Å². The molecule has 0 spiro atoms. The van der Waals surface area contributed by atoms with Crippen LogP contribution in [0.2, 0.25) is 0 Å². The third kappa shape index (κ3) is 1.79.